The van der Waals surface area contributed by atoms with Gasteiger partial charge in [-0.15, -0.1) is 15.3 Å². The molecular formula is C21H24N6O. The van der Waals surface area contributed by atoms with Crippen molar-refractivity contribution in [2.24, 2.45) is 0 Å². The van der Waals surface area contributed by atoms with Crippen LogP contribution in [0.4, 0.5) is 5.82 Å². The minimum absolute atomic E-state index is 0.168. The molecule has 1 fully saturated rings. The van der Waals surface area contributed by atoms with Gasteiger partial charge >= 0.3 is 0 Å². The summed E-state index contributed by atoms with van der Waals surface area (Å²) in [6.07, 6.45) is 4.33. The van der Waals surface area contributed by atoms with Gasteiger partial charge in [0.05, 0.1) is 0 Å². The van der Waals surface area contributed by atoms with E-state index in [0.717, 1.165) is 43.3 Å². The Kier molecular flexibility index (Phi) is 4.43. The second-order valence-corrected chi connectivity index (χ2v) is 7.61. The van der Waals surface area contributed by atoms with Gasteiger partial charge < -0.3 is 9.80 Å². The van der Waals surface area contributed by atoms with Crippen molar-refractivity contribution in [2.75, 3.05) is 24.5 Å². The molecule has 7 heteroatoms. The lowest BCUT2D eigenvalue weighted by Crippen LogP contribution is -2.36. The molecule has 2 aliphatic rings. The van der Waals surface area contributed by atoms with Crippen LogP contribution < -0.4 is 4.90 Å². The third-order valence-electron chi connectivity index (χ3n) is 5.79. The number of benzene rings is 1. The van der Waals surface area contributed by atoms with E-state index in [2.05, 4.69) is 33.3 Å². The number of aryl methyl sites for hydroxylation is 1. The highest BCUT2D eigenvalue weighted by Gasteiger charge is 2.21. The topological polar surface area (TPSA) is 66.6 Å². The van der Waals surface area contributed by atoms with E-state index in [9.17, 15) is 4.79 Å². The van der Waals surface area contributed by atoms with Gasteiger partial charge in [0, 0.05) is 39.0 Å². The van der Waals surface area contributed by atoms with Crippen molar-refractivity contribution in [2.45, 2.75) is 38.6 Å². The fraction of sp³-hybridized carbons (Fsp3) is 0.429. The molecule has 0 atom stereocenters. The quantitative estimate of drug-likeness (QED) is 0.699. The third kappa shape index (κ3) is 3.21. The van der Waals surface area contributed by atoms with Gasteiger partial charge in [-0.05, 0) is 42.5 Å². The Labute approximate surface area is 164 Å². The normalized spacial score (nSPS) is 16.6. The predicted molar refractivity (Wildman–Crippen MR) is 106 cm³/mol. The van der Waals surface area contributed by atoms with Gasteiger partial charge in [-0.25, -0.2) is 0 Å². The Morgan fingerprint density at radius 3 is 2.64 bits per heavy atom. The second-order valence-electron chi connectivity index (χ2n) is 7.61. The molecule has 1 aromatic carbocycles. The highest BCUT2D eigenvalue weighted by Crippen LogP contribution is 2.20. The monoisotopic (exact) mass is 376 g/mol. The molecule has 0 spiro atoms. The molecule has 0 unspecified atom stereocenters. The summed E-state index contributed by atoms with van der Waals surface area (Å²) in [5.41, 5.74) is 3.35. The maximum absolute atomic E-state index is 12.8. The number of carbonyl (C=O) groups excluding carboxylic acids is 1. The average Bonchev–Trinajstić information content (AvgIpc) is 3.41. The number of rotatable bonds is 4. The maximum Gasteiger partial charge on any atom is 0.223 e. The first-order valence-corrected chi connectivity index (χ1v) is 10.1. The summed E-state index contributed by atoms with van der Waals surface area (Å²) in [6, 6.07) is 12.3. The van der Waals surface area contributed by atoms with E-state index in [-0.39, 0.29) is 5.91 Å². The number of hydrogen-bond acceptors (Lipinski definition) is 5. The molecule has 7 nitrogen and oxygen atoms in total. The van der Waals surface area contributed by atoms with Gasteiger partial charge in [0.1, 0.15) is 5.82 Å². The number of amides is 1. The Balaban J connectivity index is 1.28. The summed E-state index contributed by atoms with van der Waals surface area (Å²) in [6.45, 7) is 3.58. The smallest absolute Gasteiger partial charge is 0.223 e. The van der Waals surface area contributed by atoms with Gasteiger partial charge in [-0.2, -0.15) is 4.52 Å². The second kappa shape index (κ2) is 7.22. The third-order valence-corrected chi connectivity index (χ3v) is 5.79. The molecule has 0 radical (unpaired) electrons. The molecule has 2 aromatic heterocycles. The van der Waals surface area contributed by atoms with Crippen LogP contribution in [0, 0.1) is 0 Å². The van der Waals surface area contributed by atoms with Crippen molar-refractivity contribution in [3.8, 4) is 0 Å². The largest absolute Gasteiger partial charge is 0.355 e. The minimum atomic E-state index is 0.168. The first-order valence-electron chi connectivity index (χ1n) is 10.1. The number of nitrogens with zero attached hydrogens (tertiary/aromatic N) is 6. The van der Waals surface area contributed by atoms with Crippen LogP contribution in [0.15, 0.2) is 36.4 Å². The number of hydrogen-bond donors (Lipinski definition) is 0. The van der Waals surface area contributed by atoms with E-state index >= 15 is 0 Å². The lowest BCUT2D eigenvalue weighted by atomic mass is 9.99. The Hall–Kier alpha value is -2.96. The van der Waals surface area contributed by atoms with Gasteiger partial charge in [0.2, 0.25) is 5.91 Å². The molecule has 4 heterocycles. The van der Waals surface area contributed by atoms with Crippen molar-refractivity contribution < 1.29 is 4.79 Å². The molecule has 2 aliphatic heterocycles. The fourth-order valence-corrected chi connectivity index (χ4v) is 4.18. The Morgan fingerprint density at radius 1 is 0.964 bits per heavy atom. The summed E-state index contributed by atoms with van der Waals surface area (Å²) < 4.78 is 1.80. The first kappa shape index (κ1) is 17.2. The number of carbonyl (C=O) groups is 1. The molecule has 3 aromatic rings. The minimum Gasteiger partial charge on any atom is -0.355 e. The Morgan fingerprint density at radius 2 is 1.79 bits per heavy atom. The summed E-state index contributed by atoms with van der Waals surface area (Å²) in [7, 11) is 0. The molecular weight excluding hydrogens is 352 g/mol. The molecule has 0 aliphatic carbocycles. The van der Waals surface area contributed by atoms with E-state index in [1.165, 1.54) is 24.0 Å². The molecule has 144 valence electrons. The molecule has 0 bridgehead atoms. The van der Waals surface area contributed by atoms with Crippen molar-refractivity contribution in [3.63, 3.8) is 0 Å². The van der Waals surface area contributed by atoms with E-state index in [0.29, 0.717) is 19.4 Å². The van der Waals surface area contributed by atoms with E-state index in [1.807, 2.05) is 23.1 Å². The van der Waals surface area contributed by atoms with Gasteiger partial charge in [-0.3, -0.25) is 4.79 Å². The summed E-state index contributed by atoms with van der Waals surface area (Å²) in [5, 5.41) is 13.2. The van der Waals surface area contributed by atoms with Crippen LogP contribution in [0.25, 0.3) is 5.65 Å². The molecule has 5 rings (SSSR count). The molecule has 1 saturated heterocycles. The Bertz CT molecular complexity index is 1010. The lowest BCUT2D eigenvalue weighted by molar-refractivity contribution is -0.132. The van der Waals surface area contributed by atoms with Crippen LogP contribution in [-0.2, 0) is 24.2 Å². The first-order chi connectivity index (χ1) is 13.8. The standard InChI is InChI=1S/C21H24N6O/c28-21(26-14-11-16-5-1-2-6-17(16)15-26)10-9-19-23-22-18-7-8-20(24-27(18)19)25-12-3-4-13-25/h1-2,5-8H,3-4,9-15H2. The maximum atomic E-state index is 12.8. The fourth-order valence-electron chi connectivity index (χ4n) is 4.18. The molecule has 1 amide bonds. The van der Waals surface area contributed by atoms with Gasteiger partial charge in [0.25, 0.3) is 0 Å². The van der Waals surface area contributed by atoms with E-state index in [1.54, 1.807) is 4.52 Å². The van der Waals surface area contributed by atoms with Crippen LogP contribution in [-0.4, -0.2) is 50.3 Å². The molecule has 0 saturated carbocycles. The summed E-state index contributed by atoms with van der Waals surface area (Å²) in [5.74, 6) is 1.88. The predicted octanol–water partition coefficient (Wildman–Crippen LogP) is 2.24. The zero-order valence-corrected chi connectivity index (χ0v) is 15.9. The van der Waals surface area contributed by atoms with Crippen molar-refractivity contribution in [1.29, 1.82) is 0 Å². The highest BCUT2D eigenvalue weighted by atomic mass is 16.2. The van der Waals surface area contributed by atoms with E-state index < -0.39 is 0 Å². The molecule has 0 N–H and O–H groups in total. The summed E-state index contributed by atoms with van der Waals surface area (Å²) >= 11 is 0. The van der Waals surface area contributed by atoms with Gasteiger partial charge in [0.15, 0.2) is 11.5 Å². The highest BCUT2D eigenvalue weighted by molar-refractivity contribution is 5.76. The SMILES string of the molecule is O=C(CCc1nnc2ccc(N3CCCC3)nn12)N1CCc2ccccc2C1. The van der Waals surface area contributed by atoms with Gasteiger partial charge in [-0.1, -0.05) is 24.3 Å². The van der Waals surface area contributed by atoms with Crippen LogP contribution in [0.3, 0.4) is 0 Å². The van der Waals surface area contributed by atoms with Crippen molar-refractivity contribution in [1.82, 2.24) is 24.7 Å². The zero-order valence-electron chi connectivity index (χ0n) is 15.9. The molecule has 28 heavy (non-hydrogen) atoms. The van der Waals surface area contributed by atoms with Crippen molar-refractivity contribution >= 4 is 17.4 Å². The van der Waals surface area contributed by atoms with Crippen LogP contribution in [0.1, 0.15) is 36.2 Å². The zero-order chi connectivity index (χ0) is 18.9. The van der Waals surface area contributed by atoms with E-state index in [4.69, 9.17) is 5.10 Å². The average molecular weight is 376 g/mol. The number of aromatic nitrogens is 4. The van der Waals surface area contributed by atoms with Crippen LogP contribution in [0.2, 0.25) is 0 Å². The van der Waals surface area contributed by atoms with Crippen LogP contribution in [0.5, 0.6) is 0 Å². The number of fused-ring (bicyclic) bond motifs is 2. The summed E-state index contributed by atoms with van der Waals surface area (Å²) in [4.78, 5) is 17.0. The van der Waals surface area contributed by atoms with Crippen molar-refractivity contribution in [3.05, 3.63) is 53.3 Å². The lowest BCUT2D eigenvalue weighted by Gasteiger charge is -2.28. The van der Waals surface area contributed by atoms with Crippen LogP contribution >= 0.6 is 0 Å². The number of anilines is 1.